The standard InChI is InChI=1S/C15H15BrN2O3/c1-21-14(20)15(18-11-5-3-2-4-6-11)8-12(16)13(19)7-10(15)9-17/h2-6,8,10,13,18-19H,7H2,1H3/t10-,13-,15+/m0/s1. The minimum Gasteiger partial charge on any atom is -0.467 e. The van der Waals surface area contributed by atoms with E-state index in [4.69, 9.17) is 4.74 Å². The Bertz CT molecular complexity index is 597. The van der Waals surface area contributed by atoms with Crippen molar-refractivity contribution in [1.82, 2.24) is 0 Å². The number of hydrogen-bond donors (Lipinski definition) is 2. The van der Waals surface area contributed by atoms with Crippen molar-refractivity contribution < 1.29 is 14.6 Å². The maximum absolute atomic E-state index is 12.3. The van der Waals surface area contributed by atoms with Crippen molar-refractivity contribution in [3.63, 3.8) is 0 Å². The number of nitriles is 1. The average molecular weight is 351 g/mol. The molecule has 0 bridgehead atoms. The highest BCUT2D eigenvalue weighted by molar-refractivity contribution is 9.11. The Morgan fingerprint density at radius 1 is 1.52 bits per heavy atom. The Labute approximate surface area is 131 Å². The normalized spacial score (nSPS) is 28.2. The van der Waals surface area contributed by atoms with Crippen LogP contribution in [0.2, 0.25) is 0 Å². The Balaban J connectivity index is 2.50. The number of aliphatic hydroxyl groups excluding tert-OH is 1. The molecule has 1 aliphatic carbocycles. The van der Waals surface area contributed by atoms with E-state index in [1.54, 1.807) is 12.1 Å². The lowest BCUT2D eigenvalue weighted by atomic mass is 9.76. The van der Waals surface area contributed by atoms with Crippen LogP contribution in [0.1, 0.15) is 6.42 Å². The number of benzene rings is 1. The van der Waals surface area contributed by atoms with Gasteiger partial charge in [-0.15, -0.1) is 0 Å². The molecular weight excluding hydrogens is 336 g/mol. The van der Waals surface area contributed by atoms with E-state index in [2.05, 4.69) is 27.3 Å². The SMILES string of the molecule is COC(=O)[C@@]1(Nc2ccccc2)C=C(Br)[C@@H](O)C[C@H]1C#N. The molecule has 0 unspecified atom stereocenters. The van der Waals surface area contributed by atoms with Crippen LogP contribution < -0.4 is 5.32 Å². The molecular formula is C15H15BrN2O3. The number of nitrogens with zero attached hydrogens (tertiary/aromatic N) is 1. The highest BCUT2D eigenvalue weighted by Gasteiger charge is 2.49. The molecule has 6 heteroatoms. The van der Waals surface area contributed by atoms with Crippen LogP contribution in [0.5, 0.6) is 0 Å². The zero-order chi connectivity index (χ0) is 15.5. The van der Waals surface area contributed by atoms with Gasteiger partial charge in [0, 0.05) is 10.2 Å². The molecule has 2 rings (SSSR count). The molecule has 0 radical (unpaired) electrons. The largest absolute Gasteiger partial charge is 0.467 e. The van der Waals surface area contributed by atoms with Crippen molar-refractivity contribution in [3.8, 4) is 6.07 Å². The maximum Gasteiger partial charge on any atom is 0.337 e. The molecule has 0 spiro atoms. The van der Waals surface area contributed by atoms with Gasteiger partial charge < -0.3 is 15.2 Å². The lowest BCUT2D eigenvalue weighted by molar-refractivity contribution is -0.145. The van der Waals surface area contributed by atoms with Gasteiger partial charge in [0.15, 0.2) is 5.54 Å². The van der Waals surface area contributed by atoms with Crippen LogP contribution in [0, 0.1) is 17.2 Å². The minimum absolute atomic E-state index is 0.141. The van der Waals surface area contributed by atoms with E-state index in [1.165, 1.54) is 13.2 Å². The summed E-state index contributed by atoms with van der Waals surface area (Å²) >= 11 is 3.25. The number of carbonyl (C=O) groups excluding carboxylic acids is 1. The fourth-order valence-corrected chi connectivity index (χ4v) is 2.94. The van der Waals surface area contributed by atoms with Crippen LogP contribution in [-0.2, 0) is 9.53 Å². The molecule has 1 aromatic rings. The Morgan fingerprint density at radius 3 is 2.76 bits per heavy atom. The first kappa shape index (κ1) is 15.5. The van der Waals surface area contributed by atoms with Gasteiger partial charge in [-0.3, -0.25) is 0 Å². The average Bonchev–Trinajstić information content (AvgIpc) is 2.50. The monoisotopic (exact) mass is 350 g/mol. The molecule has 0 saturated carbocycles. The number of nitrogens with one attached hydrogen (secondary N) is 1. The molecule has 5 nitrogen and oxygen atoms in total. The summed E-state index contributed by atoms with van der Waals surface area (Å²) in [5.41, 5.74) is -0.640. The van der Waals surface area contributed by atoms with Gasteiger partial charge in [0.05, 0.1) is 25.2 Å². The van der Waals surface area contributed by atoms with Crippen molar-refractivity contribution in [2.24, 2.45) is 5.92 Å². The number of ether oxygens (including phenoxy) is 1. The third kappa shape index (κ3) is 2.94. The number of esters is 1. The number of carbonyl (C=O) groups is 1. The molecule has 2 N–H and O–H groups in total. The second kappa shape index (κ2) is 6.29. The van der Waals surface area contributed by atoms with Gasteiger partial charge in [-0.1, -0.05) is 34.1 Å². The van der Waals surface area contributed by atoms with Gasteiger partial charge in [0.1, 0.15) is 0 Å². The topological polar surface area (TPSA) is 82.3 Å². The fraction of sp³-hybridized carbons (Fsp3) is 0.333. The first-order valence-electron chi connectivity index (χ1n) is 6.41. The molecule has 1 aromatic carbocycles. The third-order valence-corrected chi connectivity index (χ3v) is 4.25. The van der Waals surface area contributed by atoms with E-state index in [1.807, 2.05) is 18.2 Å². The van der Waals surface area contributed by atoms with Crippen LogP contribution in [0.3, 0.4) is 0 Å². The van der Waals surface area contributed by atoms with Crippen LogP contribution in [0.15, 0.2) is 40.9 Å². The summed E-state index contributed by atoms with van der Waals surface area (Å²) < 4.78 is 5.34. The van der Waals surface area contributed by atoms with Crippen molar-refractivity contribution in [2.45, 2.75) is 18.1 Å². The first-order chi connectivity index (χ1) is 10.0. The molecule has 110 valence electrons. The summed E-state index contributed by atoms with van der Waals surface area (Å²) in [7, 11) is 1.28. The molecule has 1 aliphatic rings. The van der Waals surface area contributed by atoms with E-state index < -0.39 is 23.5 Å². The second-order valence-electron chi connectivity index (χ2n) is 4.81. The van der Waals surface area contributed by atoms with E-state index >= 15 is 0 Å². The number of halogens is 1. The maximum atomic E-state index is 12.3. The van der Waals surface area contributed by atoms with E-state index in [9.17, 15) is 15.2 Å². The predicted octanol–water partition coefficient (Wildman–Crippen LogP) is 2.19. The summed E-state index contributed by atoms with van der Waals surface area (Å²) in [5.74, 6) is -1.32. The summed E-state index contributed by atoms with van der Waals surface area (Å²) in [4.78, 5) is 12.3. The van der Waals surface area contributed by atoms with Gasteiger partial charge in [-0.05, 0) is 24.6 Å². The van der Waals surface area contributed by atoms with Gasteiger partial charge in [0.25, 0.3) is 0 Å². The predicted molar refractivity (Wildman–Crippen MR) is 81.5 cm³/mol. The quantitative estimate of drug-likeness (QED) is 0.816. The molecule has 21 heavy (non-hydrogen) atoms. The number of para-hydroxylation sites is 1. The lowest BCUT2D eigenvalue weighted by Gasteiger charge is -2.38. The van der Waals surface area contributed by atoms with Crippen LogP contribution in [0.4, 0.5) is 5.69 Å². The molecule has 0 aliphatic heterocycles. The lowest BCUT2D eigenvalue weighted by Crippen LogP contribution is -2.54. The van der Waals surface area contributed by atoms with Crippen molar-refractivity contribution in [2.75, 3.05) is 12.4 Å². The van der Waals surface area contributed by atoms with Crippen molar-refractivity contribution in [3.05, 3.63) is 40.9 Å². The van der Waals surface area contributed by atoms with E-state index in [0.29, 0.717) is 10.2 Å². The zero-order valence-electron chi connectivity index (χ0n) is 11.4. The summed E-state index contributed by atoms with van der Waals surface area (Å²) in [6.45, 7) is 0. The number of aliphatic hydroxyl groups is 1. The minimum atomic E-state index is -1.33. The van der Waals surface area contributed by atoms with Crippen molar-refractivity contribution in [1.29, 1.82) is 5.26 Å². The Hall–Kier alpha value is -1.84. The van der Waals surface area contributed by atoms with E-state index in [-0.39, 0.29) is 6.42 Å². The van der Waals surface area contributed by atoms with Gasteiger partial charge >= 0.3 is 5.97 Å². The molecule has 0 aromatic heterocycles. The smallest absolute Gasteiger partial charge is 0.337 e. The number of methoxy groups -OCH3 is 1. The van der Waals surface area contributed by atoms with E-state index in [0.717, 1.165) is 0 Å². The number of hydrogen-bond acceptors (Lipinski definition) is 5. The van der Waals surface area contributed by atoms with Crippen molar-refractivity contribution >= 4 is 27.6 Å². The fourth-order valence-electron chi connectivity index (χ4n) is 2.40. The van der Waals surface area contributed by atoms with Crippen LogP contribution >= 0.6 is 15.9 Å². The number of anilines is 1. The molecule has 0 heterocycles. The second-order valence-corrected chi connectivity index (χ2v) is 5.73. The summed E-state index contributed by atoms with van der Waals surface area (Å²) in [5, 5.41) is 22.4. The van der Waals surface area contributed by atoms with Gasteiger partial charge in [-0.2, -0.15) is 5.26 Å². The Morgan fingerprint density at radius 2 is 2.19 bits per heavy atom. The summed E-state index contributed by atoms with van der Waals surface area (Å²) in [6.07, 6.45) is 0.862. The Kier molecular flexibility index (Phi) is 4.66. The molecule has 0 saturated heterocycles. The first-order valence-corrected chi connectivity index (χ1v) is 7.20. The molecule has 0 amide bonds. The van der Waals surface area contributed by atoms with Crippen LogP contribution in [-0.4, -0.2) is 29.8 Å². The summed E-state index contributed by atoms with van der Waals surface area (Å²) in [6, 6.07) is 11.2. The highest BCUT2D eigenvalue weighted by Crippen LogP contribution is 2.38. The number of rotatable bonds is 3. The molecule has 0 fully saturated rings. The zero-order valence-corrected chi connectivity index (χ0v) is 13.0. The third-order valence-electron chi connectivity index (χ3n) is 3.50. The molecule has 3 atom stereocenters. The van der Waals surface area contributed by atoms with Gasteiger partial charge in [-0.25, -0.2) is 4.79 Å². The highest BCUT2D eigenvalue weighted by atomic mass is 79.9. The van der Waals surface area contributed by atoms with Gasteiger partial charge in [0.2, 0.25) is 0 Å². The van der Waals surface area contributed by atoms with Crippen LogP contribution in [0.25, 0.3) is 0 Å².